The Balaban J connectivity index is 2.74. The summed E-state index contributed by atoms with van der Waals surface area (Å²) in [4.78, 5) is 4.49. The normalized spacial score (nSPS) is 13.1. The molecule has 0 amide bonds. The highest BCUT2D eigenvalue weighted by atomic mass is 35.5. The van der Waals surface area contributed by atoms with E-state index in [4.69, 9.17) is 17.3 Å². The number of nitrogens with zero attached hydrogens (tertiary/aromatic N) is 1. The van der Waals surface area contributed by atoms with E-state index in [1.54, 1.807) is 0 Å². The maximum absolute atomic E-state index is 5.93. The van der Waals surface area contributed by atoms with Crippen LogP contribution in [0.3, 0.4) is 0 Å². The average molecular weight is 221 g/mol. The summed E-state index contributed by atoms with van der Waals surface area (Å²) in [6, 6.07) is 7.72. The van der Waals surface area contributed by atoms with Crippen molar-refractivity contribution in [2.45, 2.75) is 19.9 Å². The second kappa shape index (κ2) is 3.80. The molecular weight excluding hydrogens is 208 g/mol. The molecule has 0 saturated carbocycles. The largest absolute Gasteiger partial charge is 0.323 e. The number of nitrogens with two attached hydrogens (primary N) is 1. The van der Waals surface area contributed by atoms with Gasteiger partial charge in [0, 0.05) is 16.5 Å². The van der Waals surface area contributed by atoms with Gasteiger partial charge in [-0.25, -0.2) is 0 Å². The molecule has 0 bridgehead atoms. The summed E-state index contributed by atoms with van der Waals surface area (Å²) in [6.07, 6.45) is 0. The van der Waals surface area contributed by atoms with Crippen molar-refractivity contribution in [3.8, 4) is 0 Å². The maximum atomic E-state index is 5.93. The van der Waals surface area contributed by atoms with Gasteiger partial charge in [0.05, 0.1) is 11.2 Å². The van der Waals surface area contributed by atoms with Crippen LogP contribution in [0.25, 0.3) is 10.9 Å². The molecule has 15 heavy (non-hydrogen) atoms. The van der Waals surface area contributed by atoms with Crippen LogP contribution in [0.1, 0.15) is 24.2 Å². The molecule has 1 aromatic carbocycles. The second-order valence-corrected chi connectivity index (χ2v) is 4.25. The van der Waals surface area contributed by atoms with Crippen molar-refractivity contribution >= 4 is 22.5 Å². The van der Waals surface area contributed by atoms with Gasteiger partial charge in [-0.05, 0) is 37.6 Å². The number of aryl methyl sites for hydroxylation is 1. The van der Waals surface area contributed by atoms with Crippen molar-refractivity contribution < 1.29 is 0 Å². The molecule has 0 fully saturated rings. The molecule has 1 heterocycles. The lowest BCUT2D eigenvalue weighted by atomic mass is 10.1. The lowest BCUT2D eigenvalue weighted by Gasteiger charge is -2.09. The minimum absolute atomic E-state index is 0.0490. The van der Waals surface area contributed by atoms with Crippen molar-refractivity contribution in [2.24, 2.45) is 5.73 Å². The predicted octanol–water partition coefficient (Wildman–Crippen LogP) is 3.22. The highest BCUT2D eigenvalue weighted by Crippen LogP contribution is 2.23. The zero-order chi connectivity index (χ0) is 11.0. The third-order valence-corrected chi connectivity index (χ3v) is 2.70. The van der Waals surface area contributed by atoms with E-state index in [0.717, 1.165) is 16.6 Å². The summed E-state index contributed by atoms with van der Waals surface area (Å²) in [6.45, 7) is 3.99. The minimum Gasteiger partial charge on any atom is -0.323 e. The molecule has 0 saturated heterocycles. The summed E-state index contributed by atoms with van der Waals surface area (Å²) in [5, 5.41) is 1.83. The molecule has 0 aliphatic rings. The van der Waals surface area contributed by atoms with Gasteiger partial charge in [-0.1, -0.05) is 17.7 Å². The SMILES string of the molecule is Cc1cc(C(C)N)nc2cc(Cl)ccc12. The predicted molar refractivity (Wildman–Crippen MR) is 64.1 cm³/mol. The maximum Gasteiger partial charge on any atom is 0.0723 e. The third kappa shape index (κ3) is 1.96. The van der Waals surface area contributed by atoms with Crippen LogP contribution >= 0.6 is 11.6 Å². The average Bonchev–Trinajstić information content (AvgIpc) is 2.16. The lowest BCUT2D eigenvalue weighted by Crippen LogP contribution is -2.07. The molecule has 1 aromatic heterocycles. The second-order valence-electron chi connectivity index (χ2n) is 3.81. The molecule has 0 spiro atoms. The van der Waals surface area contributed by atoms with Gasteiger partial charge in [0.1, 0.15) is 0 Å². The van der Waals surface area contributed by atoms with E-state index in [9.17, 15) is 0 Å². The molecule has 3 heteroatoms. The molecular formula is C12H13ClN2. The van der Waals surface area contributed by atoms with Crippen LogP contribution in [0.15, 0.2) is 24.3 Å². The molecule has 0 aliphatic heterocycles. The fourth-order valence-electron chi connectivity index (χ4n) is 1.63. The quantitative estimate of drug-likeness (QED) is 0.802. The minimum atomic E-state index is -0.0490. The van der Waals surface area contributed by atoms with Crippen LogP contribution < -0.4 is 5.73 Å². The van der Waals surface area contributed by atoms with Crippen LogP contribution in [-0.2, 0) is 0 Å². The standard InChI is InChI=1S/C12H13ClN2/c1-7-5-11(8(2)14)15-12-6-9(13)3-4-10(7)12/h3-6,8H,14H2,1-2H3. The van der Waals surface area contributed by atoms with Crippen molar-refractivity contribution in [3.63, 3.8) is 0 Å². The Morgan fingerprint density at radius 2 is 2.07 bits per heavy atom. The zero-order valence-corrected chi connectivity index (χ0v) is 9.55. The van der Waals surface area contributed by atoms with Crippen LogP contribution in [0.4, 0.5) is 0 Å². The van der Waals surface area contributed by atoms with Crippen molar-refractivity contribution in [1.82, 2.24) is 4.98 Å². The molecule has 0 aliphatic carbocycles. The smallest absolute Gasteiger partial charge is 0.0723 e. The van der Waals surface area contributed by atoms with Crippen LogP contribution in [0.5, 0.6) is 0 Å². The Labute approximate surface area is 94.1 Å². The number of hydrogen-bond acceptors (Lipinski definition) is 2. The van der Waals surface area contributed by atoms with Crippen LogP contribution in [-0.4, -0.2) is 4.98 Å². The van der Waals surface area contributed by atoms with E-state index in [2.05, 4.69) is 11.9 Å². The summed E-state index contributed by atoms with van der Waals surface area (Å²) in [5.74, 6) is 0. The topological polar surface area (TPSA) is 38.9 Å². The number of fused-ring (bicyclic) bond motifs is 1. The number of hydrogen-bond donors (Lipinski definition) is 1. The van der Waals surface area contributed by atoms with Gasteiger partial charge in [0.25, 0.3) is 0 Å². The van der Waals surface area contributed by atoms with E-state index in [1.807, 2.05) is 31.2 Å². The van der Waals surface area contributed by atoms with Gasteiger partial charge >= 0.3 is 0 Å². The number of aromatic nitrogens is 1. The first-order valence-corrected chi connectivity index (χ1v) is 5.28. The first-order valence-electron chi connectivity index (χ1n) is 4.90. The van der Waals surface area contributed by atoms with Gasteiger partial charge in [0.2, 0.25) is 0 Å². The lowest BCUT2D eigenvalue weighted by molar-refractivity contribution is 0.785. The molecule has 1 atom stereocenters. The van der Waals surface area contributed by atoms with Crippen LogP contribution in [0, 0.1) is 6.92 Å². The van der Waals surface area contributed by atoms with E-state index in [-0.39, 0.29) is 6.04 Å². The monoisotopic (exact) mass is 220 g/mol. The van der Waals surface area contributed by atoms with Gasteiger partial charge in [-0.2, -0.15) is 0 Å². The summed E-state index contributed by atoms with van der Waals surface area (Å²) in [7, 11) is 0. The first kappa shape index (κ1) is 10.4. The Morgan fingerprint density at radius 1 is 1.33 bits per heavy atom. The summed E-state index contributed by atoms with van der Waals surface area (Å²) in [5.41, 5.74) is 8.82. The number of rotatable bonds is 1. The molecule has 2 rings (SSSR count). The van der Waals surface area contributed by atoms with Crippen LogP contribution in [0.2, 0.25) is 5.02 Å². The van der Waals surface area contributed by atoms with Gasteiger partial charge in [-0.15, -0.1) is 0 Å². The van der Waals surface area contributed by atoms with Crippen molar-refractivity contribution in [3.05, 3.63) is 40.5 Å². The molecule has 2 aromatic rings. The molecule has 2 N–H and O–H groups in total. The Kier molecular flexibility index (Phi) is 2.63. The highest BCUT2D eigenvalue weighted by molar-refractivity contribution is 6.31. The van der Waals surface area contributed by atoms with E-state index in [1.165, 1.54) is 5.56 Å². The number of benzene rings is 1. The highest BCUT2D eigenvalue weighted by Gasteiger charge is 2.06. The fraction of sp³-hybridized carbons (Fsp3) is 0.250. The van der Waals surface area contributed by atoms with Crippen molar-refractivity contribution in [2.75, 3.05) is 0 Å². The van der Waals surface area contributed by atoms with E-state index >= 15 is 0 Å². The van der Waals surface area contributed by atoms with Crippen molar-refractivity contribution in [1.29, 1.82) is 0 Å². The third-order valence-electron chi connectivity index (χ3n) is 2.47. The molecule has 1 unspecified atom stereocenters. The summed E-state index contributed by atoms with van der Waals surface area (Å²) >= 11 is 5.93. The number of pyridine rings is 1. The zero-order valence-electron chi connectivity index (χ0n) is 8.79. The Hall–Kier alpha value is -1.12. The Bertz CT molecular complexity index is 506. The first-order chi connectivity index (χ1) is 7.08. The molecule has 0 radical (unpaired) electrons. The van der Waals surface area contributed by atoms with Gasteiger partial charge < -0.3 is 5.73 Å². The fourth-order valence-corrected chi connectivity index (χ4v) is 1.80. The van der Waals surface area contributed by atoms with E-state index in [0.29, 0.717) is 5.02 Å². The van der Waals surface area contributed by atoms with Gasteiger partial charge in [0.15, 0.2) is 0 Å². The Morgan fingerprint density at radius 3 is 2.73 bits per heavy atom. The molecule has 78 valence electrons. The number of halogens is 1. The summed E-state index contributed by atoms with van der Waals surface area (Å²) < 4.78 is 0. The molecule has 2 nitrogen and oxygen atoms in total. The van der Waals surface area contributed by atoms with E-state index < -0.39 is 0 Å². The van der Waals surface area contributed by atoms with Gasteiger partial charge in [-0.3, -0.25) is 4.98 Å².